The molecule has 0 saturated heterocycles. The third-order valence-corrected chi connectivity index (χ3v) is 4.40. The van der Waals surface area contributed by atoms with E-state index >= 15 is 0 Å². The van der Waals surface area contributed by atoms with E-state index in [9.17, 15) is 14.9 Å². The van der Waals surface area contributed by atoms with Crippen LogP contribution in [0.1, 0.15) is 28.2 Å². The van der Waals surface area contributed by atoms with Crippen LogP contribution in [0.3, 0.4) is 0 Å². The molecule has 0 spiro atoms. The first kappa shape index (κ1) is 19.3. The first-order valence-corrected chi connectivity index (χ1v) is 8.83. The number of nitrogens with zero attached hydrogens (tertiary/aromatic N) is 5. The Labute approximate surface area is 162 Å². The molecule has 2 aromatic heterocycles. The zero-order valence-corrected chi connectivity index (χ0v) is 16.3. The topological polar surface area (TPSA) is 108 Å². The number of benzene rings is 1. The van der Waals surface area contributed by atoms with Gasteiger partial charge in [-0.05, 0) is 33.3 Å². The Hall–Kier alpha value is -3.49. The van der Waals surface area contributed by atoms with Crippen LogP contribution in [0.15, 0.2) is 30.3 Å². The van der Waals surface area contributed by atoms with Crippen molar-refractivity contribution in [1.29, 1.82) is 0 Å². The fourth-order valence-electron chi connectivity index (χ4n) is 3.17. The van der Waals surface area contributed by atoms with Crippen LogP contribution in [0.2, 0.25) is 0 Å². The average Bonchev–Trinajstić information content (AvgIpc) is 3.06. The number of nitro groups is 1. The van der Waals surface area contributed by atoms with Gasteiger partial charge in [-0.1, -0.05) is 29.8 Å². The molecule has 1 aromatic carbocycles. The highest BCUT2D eigenvalue weighted by molar-refractivity contribution is 5.89. The lowest BCUT2D eigenvalue weighted by atomic mass is 10.1. The summed E-state index contributed by atoms with van der Waals surface area (Å²) in [5, 5.41) is 22.5. The molecule has 146 valence electrons. The van der Waals surface area contributed by atoms with Crippen molar-refractivity contribution < 1.29 is 9.72 Å². The largest absolute Gasteiger partial charge is 0.312 e. The maximum atomic E-state index is 12.5. The van der Waals surface area contributed by atoms with Crippen molar-refractivity contribution in [3.8, 4) is 0 Å². The van der Waals surface area contributed by atoms with Crippen LogP contribution in [0.4, 0.5) is 11.5 Å². The van der Waals surface area contributed by atoms with Crippen LogP contribution in [0.25, 0.3) is 0 Å². The van der Waals surface area contributed by atoms with E-state index in [2.05, 4.69) is 21.6 Å². The van der Waals surface area contributed by atoms with Gasteiger partial charge in [0.2, 0.25) is 5.91 Å². The summed E-state index contributed by atoms with van der Waals surface area (Å²) in [7, 11) is 0. The van der Waals surface area contributed by atoms with Crippen LogP contribution in [-0.2, 0) is 17.9 Å². The van der Waals surface area contributed by atoms with E-state index in [-0.39, 0.29) is 23.8 Å². The molecule has 9 nitrogen and oxygen atoms in total. The minimum Gasteiger partial charge on any atom is -0.309 e. The molecule has 1 N–H and O–H groups in total. The number of hydrogen-bond acceptors (Lipinski definition) is 5. The van der Waals surface area contributed by atoms with Crippen molar-refractivity contribution in [2.75, 3.05) is 5.32 Å². The lowest BCUT2D eigenvalue weighted by Gasteiger charge is -2.10. The van der Waals surface area contributed by atoms with Gasteiger partial charge < -0.3 is 5.32 Å². The minimum absolute atomic E-state index is 0.0619. The highest BCUT2D eigenvalue weighted by Gasteiger charge is 2.23. The van der Waals surface area contributed by atoms with Gasteiger partial charge in [0.1, 0.15) is 23.8 Å². The maximum Gasteiger partial charge on any atom is 0.312 e. The van der Waals surface area contributed by atoms with Gasteiger partial charge in [-0.25, -0.2) is 4.68 Å². The van der Waals surface area contributed by atoms with Crippen LogP contribution >= 0.6 is 0 Å². The minimum atomic E-state index is -0.480. The summed E-state index contributed by atoms with van der Waals surface area (Å²) < 4.78 is 3.07. The highest BCUT2D eigenvalue weighted by atomic mass is 16.6. The van der Waals surface area contributed by atoms with Crippen molar-refractivity contribution in [3.63, 3.8) is 0 Å². The Kier molecular flexibility index (Phi) is 5.25. The average molecular weight is 382 g/mol. The molecule has 0 radical (unpaired) electrons. The Bertz CT molecular complexity index is 1050. The van der Waals surface area contributed by atoms with Crippen LogP contribution in [0, 0.1) is 37.8 Å². The van der Waals surface area contributed by atoms with E-state index in [0.29, 0.717) is 18.1 Å². The number of rotatable bonds is 6. The van der Waals surface area contributed by atoms with Gasteiger partial charge >= 0.3 is 5.69 Å². The van der Waals surface area contributed by atoms with Gasteiger partial charge in [-0.2, -0.15) is 10.2 Å². The van der Waals surface area contributed by atoms with Gasteiger partial charge in [-0.3, -0.25) is 19.6 Å². The molecular formula is C19H22N6O3. The number of carbonyl (C=O) groups is 1. The van der Waals surface area contributed by atoms with E-state index in [4.69, 9.17) is 0 Å². The van der Waals surface area contributed by atoms with Crippen molar-refractivity contribution in [3.05, 3.63) is 68.7 Å². The first-order valence-electron chi connectivity index (χ1n) is 8.83. The maximum absolute atomic E-state index is 12.5. The fourth-order valence-corrected chi connectivity index (χ4v) is 3.17. The summed E-state index contributed by atoms with van der Waals surface area (Å²) in [6.07, 6.45) is 0. The molecule has 0 unspecified atom stereocenters. The zero-order chi connectivity index (χ0) is 20.4. The highest BCUT2D eigenvalue weighted by Crippen LogP contribution is 2.22. The van der Waals surface area contributed by atoms with E-state index in [1.165, 1.54) is 4.68 Å². The van der Waals surface area contributed by atoms with E-state index in [1.54, 1.807) is 24.6 Å². The van der Waals surface area contributed by atoms with Crippen molar-refractivity contribution in [2.45, 2.75) is 40.8 Å². The van der Waals surface area contributed by atoms with Crippen LogP contribution < -0.4 is 5.32 Å². The Morgan fingerprint density at radius 1 is 1.14 bits per heavy atom. The lowest BCUT2D eigenvalue weighted by Crippen LogP contribution is -2.22. The molecule has 0 aliphatic carbocycles. The summed E-state index contributed by atoms with van der Waals surface area (Å²) >= 11 is 0. The third-order valence-electron chi connectivity index (χ3n) is 4.40. The number of anilines is 1. The molecule has 0 saturated carbocycles. The van der Waals surface area contributed by atoms with Gasteiger partial charge in [0.25, 0.3) is 0 Å². The molecule has 0 aliphatic heterocycles. The Balaban J connectivity index is 1.76. The Morgan fingerprint density at radius 2 is 1.89 bits per heavy atom. The molecule has 28 heavy (non-hydrogen) atoms. The smallest absolute Gasteiger partial charge is 0.309 e. The predicted octanol–water partition coefficient (Wildman–Crippen LogP) is 2.91. The molecule has 0 fully saturated rings. The number of carbonyl (C=O) groups excluding carboxylic acids is 1. The van der Waals surface area contributed by atoms with Crippen molar-refractivity contribution in [2.24, 2.45) is 0 Å². The molecule has 2 heterocycles. The van der Waals surface area contributed by atoms with Crippen molar-refractivity contribution >= 4 is 17.4 Å². The van der Waals surface area contributed by atoms with Crippen molar-refractivity contribution in [1.82, 2.24) is 19.6 Å². The number of aromatic nitrogens is 4. The van der Waals surface area contributed by atoms with E-state index < -0.39 is 4.92 Å². The number of hydrogen-bond donors (Lipinski definition) is 1. The number of aryl methyl sites for hydroxylation is 3. The van der Waals surface area contributed by atoms with Crippen LogP contribution in [-0.4, -0.2) is 30.4 Å². The van der Waals surface area contributed by atoms with E-state index in [1.807, 2.05) is 32.0 Å². The molecule has 0 bridgehead atoms. The van der Waals surface area contributed by atoms with Gasteiger partial charge in [0, 0.05) is 6.07 Å². The van der Waals surface area contributed by atoms with Crippen LogP contribution in [0.5, 0.6) is 0 Å². The lowest BCUT2D eigenvalue weighted by molar-refractivity contribution is -0.386. The molecule has 0 atom stereocenters. The summed E-state index contributed by atoms with van der Waals surface area (Å²) in [5.41, 5.74) is 3.58. The number of nitrogens with one attached hydrogen (secondary N) is 1. The van der Waals surface area contributed by atoms with Gasteiger partial charge in [0.05, 0.1) is 17.2 Å². The number of amides is 1. The molecule has 3 aromatic rings. The second-order valence-corrected chi connectivity index (χ2v) is 6.80. The summed E-state index contributed by atoms with van der Waals surface area (Å²) in [6, 6.07) is 9.86. The Morgan fingerprint density at radius 3 is 2.54 bits per heavy atom. The molecule has 1 amide bonds. The van der Waals surface area contributed by atoms with E-state index in [0.717, 1.165) is 16.8 Å². The third kappa shape index (κ3) is 4.08. The standard InChI is InChI=1S/C19H22N6O3/c1-12-6-5-7-16(8-12)10-24-17(9-13(2)21-24)20-18(26)11-23-15(4)19(25(27)28)14(3)22-23/h5-9H,10-11H2,1-4H3,(H,20,26). The normalized spacial score (nSPS) is 10.9. The summed E-state index contributed by atoms with van der Waals surface area (Å²) in [4.78, 5) is 23.1. The predicted molar refractivity (Wildman–Crippen MR) is 104 cm³/mol. The SMILES string of the molecule is Cc1cccc(Cn2nc(C)cc2NC(=O)Cn2nc(C)c([N+](=O)[O-])c2C)c1. The van der Waals surface area contributed by atoms with Gasteiger partial charge in [0.15, 0.2) is 0 Å². The summed E-state index contributed by atoms with van der Waals surface area (Å²) in [6.45, 7) is 7.42. The molecular weight excluding hydrogens is 360 g/mol. The molecule has 3 rings (SSSR count). The monoisotopic (exact) mass is 382 g/mol. The molecule has 9 heteroatoms. The zero-order valence-electron chi connectivity index (χ0n) is 16.3. The van der Waals surface area contributed by atoms with Gasteiger partial charge in [-0.15, -0.1) is 0 Å². The second-order valence-electron chi connectivity index (χ2n) is 6.80. The molecule has 0 aliphatic rings. The summed E-state index contributed by atoms with van der Waals surface area (Å²) in [5.74, 6) is 0.242. The first-order chi connectivity index (χ1) is 13.2. The fraction of sp³-hybridized carbons (Fsp3) is 0.316. The second kappa shape index (κ2) is 7.63. The quantitative estimate of drug-likeness (QED) is 0.521.